The Bertz CT molecular complexity index is 859. The molecule has 2 heterocycles. The summed E-state index contributed by atoms with van der Waals surface area (Å²) in [6, 6.07) is 5.38. The fourth-order valence-electron chi connectivity index (χ4n) is 5.09. The molecule has 0 aromatic heterocycles. The highest BCUT2D eigenvalue weighted by Crippen LogP contribution is 2.37. The van der Waals surface area contributed by atoms with Crippen LogP contribution in [0, 0.1) is 11.8 Å². The summed E-state index contributed by atoms with van der Waals surface area (Å²) < 4.78 is 49.6. The van der Waals surface area contributed by atoms with Crippen molar-refractivity contribution in [2.45, 2.75) is 49.0 Å². The Balaban J connectivity index is 1.52. The molecule has 0 amide bonds. The van der Waals surface area contributed by atoms with Crippen LogP contribution in [0.1, 0.15) is 38.5 Å². The van der Waals surface area contributed by atoms with Crippen LogP contribution in [0.3, 0.4) is 0 Å². The van der Waals surface area contributed by atoms with Crippen LogP contribution in [0.2, 0.25) is 0 Å². The van der Waals surface area contributed by atoms with Gasteiger partial charge in [0, 0.05) is 24.1 Å². The minimum absolute atomic E-state index is 0.0738. The molecule has 0 radical (unpaired) electrons. The van der Waals surface area contributed by atoms with Gasteiger partial charge < -0.3 is 9.64 Å². The number of benzene rings is 1. The molecule has 31 heavy (non-hydrogen) atoms. The van der Waals surface area contributed by atoms with Gasteiger partial charge in [0.05, 0.1) is 24.6 Å². The van der Waals surface area contributed by atoms with E-state index in [1.165, 1.54) is 0 Å². The quantitative estimate of drug-likeness (QED) is 0.577. The van der Waals surface area contributed by atoms with Gasteiger partial charge in [-0.25, -0.2) is 13.1 Å². The van der Waals surface area contributed by atoms with Crippen molar-refractivity contribution in [2.75, 3.05) is 49.3 Å². The van der Waals surface area contributed by atoms with Gasteiger partial charge in [-0.05, 0) is 73.6 Å². The molecule has 3 aliphatic rings. The topological polar surface area (TPSA) is 58.6 Å². The Morgan fingerprint density at radius 1 is 1.26 bits per heavy atom. The zero-order valence-corrected chi connectivity index (χ0v) is 21.0. The number of morpholine rings is 1. The van der Waals surface area contributed by atoms with Gasteiger partial charge in [0.1, 0.15) is 4.90 Å². The maximum Gasteiger partial charge on any atom is 0.242 e. The van der Waals surface area contributed by atoms with Crippen molar-refractivity contribution in [3.63, 3.8) is 0 Å². The SMILES string of the molecule is O=S(=O)(NC[C@H]1CCC[C@@H](CF)C1)c1ccc(Br)cc1N1CCOC2(CCSCC2)C1. The van der Waals surface area contributed by atoms with E-state index < -0.39 is 10.0 Å². The molecule has 3 fully saturated rings. The Morgan fingerprint density at radius 3 is 2.81 bits per heavy atom. The molecule has 1 aliphatic carbocycles. The maximum absolute atomic E-state index is 13.3. The monoisotopic (exact) mass is 534 g/mol. The molecule has 1 aromatic rings. The van der Waals surface area contributed by atoms with Crippen LogP contribution in [-0.4, -0.2) is 58.4 Å². The highest BCUT2D eigenvalue weighted by atomic mass is 79.9. The highest BCUT2D eigenvalue weighted by Gasteiger charge is 2.39. The first-order chi connectivity index (χ1) is 14.9. The van der Waals surface area contributed by atoms with E-state index in [0.717, 1.165) is 60.2 Å². The third-order valence-electron chi connectivity index (χ3n) is 6.88. The van der Waals surface area contributed by atoms with Gasteiger partial charge in [0.25, 0.3) is 0 Å². The zero-order valence-electron chi connectivity index (χ0n) is 17.8. The molecule has 0 bridgehead atoms. The average molecular weight is 536 g/mol. The normalized spacial score (nSPS) is 26.8. The summed E-state index contributed by atoms with van der Waals surface area (Å²) in [6.45, 7) is 2.06. The number of rotatable bonds is 6. The number of nitrogens with one attached hydrogen (secondary N) is 1. The molecule has 1 aromatic carbocycles. The second-order valence-corrected chi connectivity index (χ2v) is 13.0. The molecule has 1 saturated carbocycles. The van der Waals surface area contributed by atoms with E-state index in [4.69, 9.17) is 4.74 Å². The summed E-state index contributed by atoms with van der Waals surface area (Å²) in [6.07, 6.45) is 5.60. The number of alkyl halides is 1. The predicted octanol–water partition coefficient (Wildman–Crippen LogP) is 4.61. The molecule has 2 aliphatic heterocycles. The van der Waals surface area contributed by atoms with Crippen molar-refractivity contribution in [3.8, 4) is 0 Å². The second kappa shape index (κ2) is 10.3. The van der Waals surface area contributed by atoms with Gasteiger partial charge in [0.15, 0.2) is 0 Å². The smallest absolute Gasteiger partial charge is 0.242 e. The maximum atomic E-state index is 13.3. The van der Waals surface area contributed by atoms with Crippen molar-refractivity contribution in [3.05, 3.63) is 22.7 Å². The first kappa shape index (κ1) is 23.8. The molecule has 1 N–H and O–H groups in total. The molecule has 174 valence electrons. The van der Waals surface area contributed by atoms with E-state index in [0.29, 0.717) is 31.1 Å². The Labute approximate surface area is 198 Å². The fourth-order valence-corrected chi connectivity index (χ4v) is 8.00. The molecular formula is C22H32BrFN2O3S2. The lowest BCUT2D eigenvalue weighted by atomic mass is 9.82. The van der Waals surface area contributed by atoms with Gasteiger partial charge in [0.2, 0.25) is 10.0 Å². The van der Waals surface area contributed by atoms with Crippen molar-refractivity contribution < 1.29 is 17.5 Å². The number of ether oxygens (including phenoxy) is 1. The van der Waals surface area contributed by atoms with Crippen molar-refractivity contribution in [1.29, 1.82) is 0 Å². The number of hydrogen-bond acceptors (Lipinski definition) is 5. The summed E-state index contributed by atoms with van der Waals surface area (Å²) in [4.78, 5) is 2.49. The summed E-state index contributed by atoms with van der Waals surface area (Å²) >= 11 is 5.48. The summed E-state index contributed by atoms with van der Waals surface area (Å²) in [7, 11) is -3.67. The first-order valence-corrected chi connectivity index (χ1v) is 14.7. The largest absolute Gasteiger partial charge is 0.371 e. The summed E-state index contributed by atoms with van der Waals surface area (Å²) in [5, 5.41) is 0. The molecule has 2 atom stereocenters. The summed E-state index contributed by atoms with van der Waals surface area (Å²) in [5.74, 6) is 2.44. The van der Waals surface area contributed by atoms with Crippen LogP contribution >= 0.6 is 27.7 Å². The minimum Gasteiger partial charge on any atom is -0.371 e. The number of anilines is 1. The van der Waals surface area contributed by atoms with Gasteiger partial charge in [-0.1, -0.05) is 22.4 Å². The van der Waals surface area contributed by atoms with Crippen LogP contribution in [0.4, 0.5) is 10.1 Å². The van der Waals surface area contributed by atoms with Gasteiger partial charge >= 0.3 is 0 Å². The number of hydrogen-bond donors (Lipinski definition) is 1. The average Bonchev–Trinajstić information content (AvgIpc) is 2.78. The van der Waals surface area contributed by atoms with Crippen LogP contribution in [0.25, 0.3) is 0 Å². The summed E-state index contributed by atoms with van der Waals surface area (Å²) in [5.41, 5.74) is 0.553. The number of thioether (sulfide) groups is 1. The van der Waals surface area contributed by atoms with Crippen molar-refractivity contribution >= 4 is 43.4 Å². The third-order valence-corrected chi connectivity index (χ3v) is 9.83. The highest BCUT2D eigenvalue weighted by molar-refractivity contribution is 9.10. The van der Waals surface area contributed by atoms with Crippen LogP contribution in [0.15, 0.2) is 27.6 Å². The number of nitrogens with zero attached hydrogens (tertiary/aromatic N) is 1. The van der Waals surface area contributed by atoms with Crippen LogP contribution in [0.5, 0.6) is 0 Å². The zero-order chi connectivity index (χ0) is 21.9. The Morgan fingerprint density at radius 2 is 2.03 bits per heavy atom. The number of halogens is 2. The van der Waals surface area contributed by atoms with Crippen molar-refractivity contribution in [1.82, 2.24) is 4.72 Å². The molecule has 1 spiro atoms. The van der Waals surface area contributed by atoms with Gasteiger partial charge in [-0.3, -0.25) is 4.39 Å². The lowest BCUT2D eigenvalue weighted by molar-refractivity contribution is -0.0607. The molecule has 9 heteroatoms. The Hall–Kier alpha value is -0.350. The van der Waals surface area contributed by atoms with Crippen molar-refractivity contribution in [2.24, 2.45) is 11.8 Å². The standard InChI is InChI=1S/C22H32BrFN2O3S2/c23-19-4-5-21(31(27,28)25-15-18-3-1-2-17(12-18)14-24)20(13-19)26-8-9-29-22(16-26)6-10-30-11-7-22/h4-5,13,17-18,25H,1-3,6-12,14-16H2/t17-,18+/m1/s1. The third kappa shape index (κ3) is 5.78. The van der Waals surface area contributed by atoms with E-state index in [-0.39, 0.29) is 24.1 Å². The van der Waals surface area contributed by atoms with E-state index in [9.17, 15) is 12.8 Å². The van der Waals surface area contributed by atoms with E-state index in [1.54, 1.807) is 12.1 Å². The van der Waals surface area contributed by atoms with Gasteiger partial charge in [-0.15, -0.1) is 0 Å². The fraction of sp³-hybridized carbons (Fsp3) is 0.727. The minimum atomic E-state index is -3.67. The van der Waals surface area contributed by atoms with E-state index in [1.807, 2.05) is 17.8 Å². The lowest BCUT2D eigenvalue weighted by Gasteiger charge is -2.46. The molecule has 2 saturated heterocycles. The molecular weight excluding hydrogens is 503 g/mol. The second-order valence-electron chi connectivity index (χ2n) is 9.08. The first-order valence-electron chi connectivity index (χ1n) is 11.2. The Kier molecular flexibility index (Phi) is 7.89. The van der Waals surface area contributed by atoms with E-state index in [2.05, 4.69) is 25.6 Å². The molecule has 5 nitrogen and oxygen atoms in total. The van der Waals surface area contributed by atoms with E-state index >= 15 is 0 Å². The molecule has 4 rings (SSSR count). The van der Waals surface area contributed by atoms with Gasteiger partial charge in [-0.2, -0.15) is 11.8 Å². The molecule has 0 unspecified atom stereocenters. The predicted molar refractivity (Wildman–Crippen MR) is 128 cm³/mol. The van der Waals surface area contributed by atoms with Crippen LogP contribution in [-0.2, 0) is 14.8 Å². The van der Waals surface area contributed by atoms with Crippen LogP contribution < -0.4 is 9.62 Å². The lowest BCUT2D eigenvalue weighted by Crippen LogP contribution is -2.54. The number of sulfonamides is 1.